The molecule has 176 valence electrons. The molecule has 1 aliphatic heterocycles. The third-order valence-corrected chi connectivity index (χ3v) is 5.50. The maximum Gasteiger partial charge on any atom is 0.315 e. The molecule has 33 heavy (non-hydrogen) atoms. The van der Waals surface area contributed by atoms with Gasteiger partial charge in [-0.3, -0.25) is 0 Å². The summed E-state index contributed by atoms with van der Waals surface area (Å²) in [6, 6.07) is 13.5. The van der Waals surface area contributed by atoms with Gasteiger partial charge in [0.15, 0.2) is 11.6 Å². The molecule has 0 spiro atoms. The van der Waals surface area contributed by atoms with Crippen LogP contribution in [0, 0.1) is 0 Å². The van der Waals surface area contributed by atoms with Crippen molar-refractivity contribution >= 4 is 11.8 Å². The summed E-state index contributed by atoms with van der Waals surface area (Å²) in [5.74, 6) is 2.40. The van der Waals surface area contributed by atoms with Crippen LogP contribution in [0.4, 0.5) is 10.6 Å². The van der Waals surface area contributed by atoms with E-state index in [9.17, 15) is 4.79 Å². The molecule has 1 aliphatic carbocycles. The van der Waals surface area contributed by atoms with E-state index in [0.29, 0.717) is 24.0 Å². The molecule has 9 nitrogen and oxygen atoms in total. The fourth-order valence-corrected chi connectivity index (χ4v) is 3.53. The summed E-state index contributed by atoms with van der Waals surface area (Å²) in [5, 5.41) is 17.6. The van der Waals surface area contributed by atoms with Crippen molar-refractivity contribution in [1.82, 2.24) is 26.0 Å². The van der Waals surface area contributed by atoms with Crippen LogP contribution < -0.4 is 20.3 Å². The summed E-state index contributed by atoms with van der Waals surface area (Å²) in [7, 11) is 1.62. The van der Waals surface area contributed by atoms with Crippen LogP contribution in [0.2, 0.25) is 0 Å². The molecule has 5 rings (SSSR count). The number of carbonyl (C=O) groups excluding carboxylic acids is 1. The van der Waals surface area contributed by atoms with Crippen LogP contribution in [0.15, 0.2) is 53.2 Å². The minimum atomic E-state index is -0.170. The zero-order chi connectivity index (χ0) is 22.9. The minimum absolute atomic E-state index is 0. The summed E-state index contributed by atoms with van der Waals surface area (Å²) in [6.45, 7) is 2.59. The van der Waals surface area contributed by atoms with Gasteiger partial charge in [-0.15, -0.1) is 5.10 Å². The van der Waals surface area contributed by atoms with Crippen LogP contribution in [-0.2, 0) is 6.54 Å². The highest BCUT2D eigenvalue weighted by atomic mass is 16.5. The fourth-order valence-electron chi connectivity index (χ4n) is 3.53. The topological polar surface area (TPSA) is 105 Å². The largest absolute Gasteiger partial charge is 0.497 e. The molecule has 3 heterocycles. The third-order valence-electron chi connectivity index (χ3n) is 5.50. The van der Waals surface area contributed by atoms with Gasteiger partial charge in [0, 0.05) is 38.4 Å². The Morgan fingerprint density at radius 1 is 1.18 bits per heavy atom. The molecule has 9 heteroatoms. The van der Waals surface area contributed by atoms with Gasteiger partial charge in [0.2, 0.25) is 0 Å². The van der Waals surface area contributed by atoms with E-state index in [-0.39, 0.29) is 7.46 Å². The number of nitrogens with one attached hydrogen (secondary N) is 2. The number of amides is 2. The van der Waals surface area contributed by atoms with E-state index >= 15 is 0 Å². The van der Waals surface area contributed by atoms with Crippen molar-refractivity contribution in [3.8, 4) is 17.0 Å². The average molecular weight is 453 g/mol. The Bertz CT molecular complexity index is 1020. The molecule has 0 atom stereocenters. The number of rotatable bonds is 6. The van der Waals surface area contributed by atoms with Crippen LogP contribution in [0.25, 0.3) is 11.3 Å². The molecule has 2 aromatic heterocycles. The summed E-state index contributed by atoms with van der Waals surface area (Å²) in [6.07, 6.45) is 7.78. The second-order valence-electron chi connectivity index (χ2n) is 8.14. The first-order valence-electron chi connectivity index (χ1n) is 11.4. The predicted octanol–water partition coefficient (Wildman–Crippen LogP) is 4.02. The standard InChI is InChI=1S/C15H17N3O3.C9H13N3.H2/c1-20-12-4-2-3-10(7-12)14-8-13(21-18-14)9-16-15(19)17-11-5-6-11;1-2-7-12(8-3-1)9-5-4-6-10-11-9;/h2-4,7-8,11H,5-6,9H2,1H3,(H2,16,17,19);4-6H,1-3,7-8H2;1H. The Morgan fingerprint density at radius 3 is 2.76 bits per heavy atom. The molecule has 0 unspecified atom stereocenters. The lowest BCUT2D eigenvalue weighted by atomic mass is 10.1. The highest BCUT2D eigenvalue weighted by molar-refractivity contribution is 5.74. The van der Waals surface area contributed by atoms with Crippen molar-refractivity contribution in [2.75, 3.05) is 25.1 Å². The lowest BCUT2D eigenvalue weighted by Gasteiger charge is -2.26. The molecular weight excluding hydrogens is 420 g/mol. The lowest BCUT2D eigenvalue weighted by molar-refractivity contribution is 0.238. The normalized spacial score (nSPS) is 15.2. The maximum atomic E-state index is 11.5. The third kappa shape index (κ3) is 6.93. The molecule has 2 N–H and O–H groups in total. The molecular formula is C24H32N6O3. The quantitative estimate of drug-likeness (QED) is 0.582. The summed E-state index contributed by atoms with van der Waals surface area (Å²) in [5.41, 5.74) is 1.63. The van der Waals surface area contributed by atoms with Crippen molar-refractivity contribution in [1.29, 1.82) is 0 Å². The number of hydrogen-bond donors (Lipinski definition) is 2. The van der Waals surface area contributed by atoms with Gasteiger partial charge in [-0.2, -0.15) is 5.10 Å². The van der Waals surface area contributed by atoms with Gasteiger partial charge in [-0.1, -0.05) is 17.3 Å². The number of piperidine rings is 1. The number of methoxy groups -OCH3 is 1. The number of carbonyl (C=O) groups is 1. The van der Waals surface area contributed by atoms with E-state index < -0.39 is 0 Å². The molecule has 2 amide bonds. The zero-order valence-corrected chi connectivity index (χ0v) is 18.9. The Hall–Kier alpha value is -3.62. The molecule has 2 fully saturated rings. The monoisotopic (exact) mass is 452 g/mol. The predicted molar refractivity (Wildman–Crippen MR) is 127 cm³/mol. The van der Waals surface area contributed by atoms with Crippen LogP contribution in [0.1, 0.15) is 39.3 Å². The lowest BCUT2D eigenvalue weighted by Crippen LogP contribution is -2.36. The number of anilines is 1. The van der Waals surface area contributed by atoms with Gasteiger partial charge in [-0.25, -0.2) is 4.79 Å². The summed E-state index contributed by atoms with van der Waals surface area (Å²) < 4.78 is 10.4. The first-order valence-corrected chi connectivity index (χ1v) is 11.4. The highest BCUT2D eigenvalue weighted by Gasteiger charge is 2.23. The SMILES string of the molecule is COc1cccc(-c2cc(CNC(=O)NC3CC3)on2)c1.[HH].c1cnnc(N2CCCCC2)c1. The number of nitrogens with zero attached hydrogens (tertiary/aromatic N) is 4. The van der Waals surface area contributed by atoms with Gasteiger partial charge in [-0.05, 0) is 56.4 Å². The smallest absolute Gasteiger partial charge is 0.315 e. The summed E-state index contributed by atoms with van der Waals surface area (Å²) >= 11 is 0. The summed E-state index contributed by atoms with van der Waals surface area (Å²) in [4.78, 5) is 13.8. The fraction of sp³-hybridized carbons (Fsp3) is 0.417. The molecule has 0 bridgehead atoms. The first-order chi connectivity index (χ1) is 16.2. The first kappa shape index (κ1) is 22.6. The van der Waals surface area contributed by atoms with Crippen molar-refractivity contribution in [3.05, 3.63) is 54.4 Å². The molecule has 2 aliphatic rings. The number of aromatic nitrogens is 3. The highest BCUT2D eigenvalue weighted by Crippen LogP contribution is 2.23. The van der Waals surface area contributed by atoms with E-state index in [2.05, 4.69) is 30.9 Å². The Labute approximate surface area is 195 Å². The zero-order valence-electron chi connectivity index (χ0n) is 18.9. The number of hydrogen-bond acceptors (Lipinski definition) is 7. The minimum Gasteiger partial charge on any atom is -0.497 e. The molecule has 1 saturated carbocycles. The Balaban J connectivity index is 0.000000212. The van der Waals surface area contributed by atoms with E-state index in [1.165, 1.54) is 19.3 Å². The van der Waals surface area contributed by atoms with Gasteiger partial charge in [0.25, 0.3) is 0 Å². The molecule has 1 aromatic carbocycles. The molecule has 0 radical (unpaired) electrons. The van der Waals surface area contributed by atoms with Gasteiger partial charge >= 0.3 is 6.03 Å². The number of benzene rings is 1. The molecule has 1 saturated heterocycles. The van der Waals surface area contributed by atoms with Crippen LogP contribution >= 0.6 is 0 Å². The maximum absolute atomic E-state index is 11.5. The number of urea groups is 1. The molecule has 3 aromatic rings. The van der Waals surface area contributed by atoms with Gasteiger partial charge in [0.05, 0.1) is 13.7 Å². The number of ether oxygens (including phenoxy) is 1. The van der Waals surface area contributed by atoms with Crippen molar-refractivity contribution in [3.63, 3.8) is 0 Å². The van der Waals surface area contributed by atoms with Crippen LogP contribution in [-0.4, -0.2) is 47.6 Å². The van der Waals surface area contributed by atoms with Crippen molar-refractivity contribution in [2.24, 2.45) is 0 Å². The second kappa shape index (κ2) is 11.3. The van der Waals surface area contributed by atoms with Crippen LogP contribution in [0.5, 0.6) is 5.75 Å². The van der Waals surface area contributed by atoms with E-state index in [1.807, 2.05) is 42.5 Å². The average Bonchev–Trinajstić information content (AvgIpc) is 3.56. The van der Waals surface area contributed by atoms with E-state index in [1.54, 1.807) is 13.3 Å². The Morgan fingerprint density at radius 2 is 2.03 bits per heavy atom. The van der Waals surface area contributed by atoms with E-state index in [4.69, 9.17) is 9.26 Å². The van der Waals surface area contributed by atoms with Crippen LogP contribution in [0.3, 0.4) is 0 Å². The van der Waals surface area contributed by atoms with E-state index in [0.717, 1.165) is 43.1 Å². The van der Waals surface area contributed by atoms with Crippen molar-refractivity contribution < 1.29 is 15.5 Å². The van der Waals surface area contributed by atoms with Gasteiger partial charge < -0.3 is 24.8 Å². The Kier molecular flexibility index (Phi) is 7.73. The van der Waals surface area contributed by atoms with Crippen molar-refractivity contribution in [2.45, 2.75) is 44.7 Å². The second-order valence-corrected chi connectivity index (χ2v) is 8.14. The van der Waals surface area contributed by atoms with Gasteiger partial charge in [0.1, 0.15) is 11.4 Å².